The predicted molar refractivity (Wildman–Crippen MR) is 52.0 cm³/mol. The second kappa shape index (κ2) is 4.26. The molecule has 0 aromatic heterocycles. The van der Waals surface area contributed by atoms with Crippen molar-refractivity contribution < 1.29 is 4.79 Å². The molecule has 2 nitrogen and oxygen atoms in total. The molecular weight excluding hydrogens is 218 g/mol. The molecule has 0 aliphatic heterocycles. The van der Waals surface area contributed by atoms with E-state index in [1.807, 2.05) is 24.3 Å². The van der Waals surface area contributed by atoms with Gasteiger partial charge in [0.15, 0.2) is 0 Å². The quantitative estimate of drug-likeness (QED) is 0.784. The molecule has 12 heavy (non-hydrogen) atoms. The van der Waals surface area contributed by atoms with Crippen molar-refractivity contribution in [1.29, 1.82) is 0 Å². The van der Waals surface area contributed by atoms with E-state index in [-0.39, 0.29) is 5.91 Å². The lowest BCUT2D eigenvalue weighted by atomic mass is 10.1. The number of hydrogen-bond acceptors (Lipinski definition) is 1. The Morgan fingerprint density at radius 2 is 1.92 bits per heavy atom. The average Bonchev–Trinajstić information content (AvgIpc) is 2.04. The molecule has 0 unspecified atom stereocenters. The number of halogens is 1. The topological polar surface area (TPSA) is 43.1 Å². The third-order valence-corrected chi connectivity index (χ3v) is 2.23. The fourth-order valence-electron chi connectivity index (χ4n) is 1.05. The fourth-order valence-corrected chi connectivity index (χ4v) is 1.60. The number of carbonyl (C=O) groups is 1. The van der Waals surface area contributed by atoms with Crippen molar-refractivity contribution in [2.75, 3.05) is 0 Å². The third kappa shape index (κ3) is 2.34. The van der Waals surface area contributed by atoms with Crippen molar-refractivity contribution >= 4 is 21.8 Å². The monoisotopic (exact) mass is 227 g/mol. The summed E-state index contributed by atoms with van der Waals surface area (Å²) in [5.41, 5.74) is 7.22. The summed E-state index contributed by atoms with van der Waals surface area (Å²) in [4.78, 5) is 10.6. The van der Waals surface area contributed by atoms with E-state index in [9.17, 15) is 4.79 Å². The first-order valence-corrected chi connectivity index (χ1v) is 4.77. The molecule has 0 heterocycles. The van der Waals surface area contributed by atoms with Crippen molar-refractivity contribution in [3.8, 4) is 0 Å². The molecule has 0 aliphatic carbocycles. The third-order valence-electron chi connectivity index (χ3n) is 1.63. The Balaban J connectivity index is 2.89. The van der Waals surface area contributed by atoms with E-state index in [0.717, 1.165) is 16.5 Å². The van der Waals surface area contributed by atoms with Crippen LogP contribution < -0.4 is 5.73 Å². The summed E-state index contributed by atoms with van der Waals surface area (Å²) < 4.78 is 0. The maximum absolute atomic E-state index is 10.6. The van der Waals surface area contributed by atoms with Gasteiger partial charge in [0.25, 0.3) is 0 Å². The van der Waals surface area contributed by atoms with Crippen LogP contribution in [0, 0.1) is 0 Å². The van der Waals surface area contributed by atoms with Gasteiger partial charge in [-0.15, -0.1) is 0 Å². The van der Waals surface area contributed by atoms with Crippen LogP contribution >= 0.6 is 15.9 Å². The minimum Gasteiger partial charge on any atom is -0.369 e. The zero-order chi connectivity index (χ0) is 8.97. The highest BCUT2D eigenvalue weighted by Gasteiger charge is 2.02. The maximum atomic E-state index is 10.6. The molecule has 0 spiro atoms. The Hall–Kier alpha value is -0.830. The zero-order valence-electron chi connectivity index (χ0n) is 6.59. The molecule has 0 radical (unpaired) electrons. The summed E-state index contributed by atoms with van der Waals surface area (Å²) in [6.45, 7) is 0. The number of amides is 1. The number of primary amides is 1. The summed E-state index contributed by atoms with van der Waals surface area (Å²) in [6, 6.07) is 7.75. The molecule has 1 aromatic carbocycles. The standard InChI is InChI=1S/C9H10BrNO/c10-6-8-4-2-1-3-7(8)5-9(11)12/h1-4H,5-6H2,(H2,11,12). The van der Waals surface area contributed by atoms with Gasteiger partial charge in [-0.3, -0.25) is 4.79 Å². The number of rotatable bonds is 3. The van der Waals surface area contributed by atoms with Gasteiger partial charge in [-0.2, -0.15) is 0 Å². The fraction of sp³-hybridized carbons (Fsp3) is 0.222. The van der Waals surface area contributed by atoms with Gasteiger partial charge in [0.1, 0.15) is 0 Å². The van der Waals surface area contributed by atoms with Gasteiger partial charge < -0.3 is 5.73 Å². The number of hydrogen-bond donors (Lipinski definition) is 1. The predicted octanol–water partition coefficient (Wildman–Crippen LogP) is 1.61. The van der Waals surface area contributed by atoms with Crippen LogP contribution in [0.1, 0.15) is 11.1 Å². The Morgan fingerprint density at radius 3 is 2.42 bits per heavy atom. The highest BCUT2D eigenvalue weighted by atomic mass is 79.9. The van der Waals surface area contributed by atoms with Crippen LogP contribution in [0.4, 0.5) is 0 Å². The minimum atomic E-state index is -0.289. The molecule has 1 rings (SSSR count). The van der Waals surface area contributed by atoms with E-state index < -0.39 is 0 Å². The van der Waals surface area contributed by atoms with Gasteiger partial charge in [-0.05, 0) is 11.1 Å². The number of alkyl halides is 1. The molecule has 0 saturated heterocycles. The lowest BCUT2D eigenvalue weighted by Gasteiger charge is -2.03. The van der Waals surface area contributed by atoms with Gasteiger partial charge in [0.05, 0.1) is 6.42 Å². The number of carbonyl (C=O) groups excluding carboxylic acids is 1. The first kappa shape index (κ1) is 9.26. The summed E-state index contributed by atoms with van der Waals surface area (Å²) in [5, 5.41) is 0.760. The van der Waals surface area contributed by atoms with E-state index in [1.165, 1.54) is 0 Å². The van der Waals surface area contributed by atoms with Crippen LogP contribution in [-0.2, 0) is 16.5 Å². The summed E-state index contributed by atoms with van der Waals surface area (Å²) in [6.07, 6.45) is 0.321. The second-order valence-electron chi connectivity index (χ2n) is 2.55. The Kier molecular flexibility index (Phi) is 3.29. The van der Waals surface area contributed by atoms with E-state index >= 15 is 0 Å². The van der Waals surface area contributed by atoms with Crippen LogP contribution in [0.2, 0.25) is 0 Å². The first-order chi connectivity index (χ1) is 5.74. The molecule has 64 valence electrons. The molecule has 0 bridgehead atoms. The Bertz CT molecular complexity index is 286. The Morgan fingerprint density at radius 1 is 1.33 bits per heavy atom. The van der Waals surface area contributed by atoms with Crippen LogP contribution in [0.3, 0.4) is 0 Å². The lowest BCUT2D eigenvalue weighted by molar-refractivity contribution is -0.117. The first-order valence-electron chi connectivity index (χ1n) is 3.65. The van der Waals surface area contributed by atoms with Gasteiger partial charge >= 0.3 is 0 Å². The molecule has 1 aromatic rings. The largest absolute Gasteiger partial charge is 0.369 e. The number of nitrogens with two attached hydrogens (primary N) is 1. The Labute approximate surface area is 79.9 Å². The highest BCUT2D eigenvalue weighted by molar-refractivity contribution is 9.08. The molecular formula is C9H10BrNO. The second-order valence-corrected chi connectivity index (χ2v) is 3.11. The van der Waals surface area contributed by atoms with E-state index in [2.05, 4.69) is 15.9 Å². The van der Waals surface area contributed by atoms with E-state index in [1.54, 1.807) is 0 Å². The average molecular weight is 228 g/mol. The lowest BCUT2D eigenvalue weighted by Crippen LogP contribution is -2.14. The van der Waals surface area contributed by atoms with Crippen LogP contribution in [0.5, 0.6) is 0 Å². The van der Waals surface area contributed by atoms with Gasteiger partial charge in [-0.25, -0.2) is 0 Å². The van der Waals surface area contributed by atoms with E-state index in [0.29, 0.717) is 6.42 Å². The smallest absolute Gasteiger partial charge is 0.221 e. The van der Waals surface area contributed by atoms with Crippen molar-refractivity contribution in [2.45, 2.75) is 11.8 Å². The normalized spacial score (nSPS) is 9.75. The van der Waals surface area contributed by atoms with Crippen LogP contribution in [-0.4, -0.2) is 5.91 Å². The molecule has 0 fully saturated rings. The van der Waals surface area contributed by atoms with Crippen molar-refractivity contribution in [3.05, 3.63) is 35.4 Å². The maximum Gasteiger partial charge on any atom is 0.221 e. The molecule has 2 N–H and O–H groups in total. The molecule has 0 atom stereocenters. The minimum absolute atomic E-state index is 0.289. The van der Waals surface area contributed by atoms with Crippen molar-refractivity contribution in [3.63, 3.8) is 0 Å². The van der Waals surface area contributed by atoms with Crippen LogP contribution in [0.25, 0.3) is 0 Å². The summed E-state index contributed by atoms with van der Waals surface area (Å²) in [7, 11) is 0. The zero-order valence-corrected chi connectivity index (χ0v) is 8.17. The number of benzene rings is 1. The van der Waals surface area contributed by atoms with E-state index in [4.69, 9.17) is 5.73 Å². The van der Waals surface area contributed by atoms with Gasteiger partial charge in [-0.1, -0.05) is 40.2 Å². The molecule has 3 heteroatoms. The van der Waals surface area contributed by atoms with Crippen molar-refractivity contribution in [2.24, 2.45) is 5.73 Å². The molecule has 0 saturated carbocycles. The molecule has 0 aliphatic rings. The molecule has 1 amide bonds. The summed E-state index contributed by atoms with van der Waals surface area (Å²) >= 11 is 3.35. The van der Waals surface area contributed by atoms with Gasteiger partial charge in [0.2, 0.25) is 5.91 Å². The SMILES string of the molecule is NC(=O)Cc1ccccc1CBr. The highest BCUT2D eigenvalue weighted by Crippen LogP contribution is 2.12. The van der Waals surface area contributed by atoms with Crippen LogP contribution in [0.15, 0.2) is 24.3 Å². The summed E-state index contributed by atoms with van der Waals surface area (Å²) in [5.74, 6) is -0.289. The van der Waals surface area contributed by atoms with Gasteiger partial charge in [0, 0.05) is 5.33 Å². The van der Waals surface area contributed by atoms with Crippen molar-refractivity contribution in [1.82, 2.24) is 0 Å².